The molecule has 1 aromatic heterocycles. The molecule has 0 saturated carbocycles. The number of nitrogens with one attached hydrogen (secondary N) is 2. The van der Waals surface area contributed by atoms with Crippen LogP contribution in [0.1, 0.15) is 31.1 Å². The lowest BCUT2D eigenvalue weighted by atomic mass is 10.2. The van der Waals surface area contributed by atoms with E-state index in [1.807, 2.05) is 13.8 Å². The van der Waals surface area contributed by atoms with Crippen LogP contribution in [0.2, 0.25) is 0 Å². The summed E-state index contributed by atoms with van der Waals surface area (Å²) in [5.41, 5.74) is 5.44. The highest BCUT2D eigenvalue weighted by molar-refractivity contribution is 5.92. The van der Waals surface area contributed by atoms with E-state index in [1.165, 1.54) is 6.20 Å². The van der Waals surface area contributed by atoms with Crippen molar-refractivity contribution in [2.75, 3.05) is 5.32 Å². The van der Waals surface area contributed by atoms with Gasteiger partial charge in [0, 0.05) is 12.2 Å². The van der Waals surface area contributed by atoms with E-state index in [9.17, 15) is 9.59 Å². The molecule has 4 N–H and O–H groups in total. The minimum atomic E-state index is -0.528. The van der Waals surface area contributed by atoms with Crippen LogP contribution in [0.3, 0.4) is 0 Å². The zero-order chi connectivity index (χ0) is 13.7. The number of hydrogen-bond donors (Lipinski definition) is 3. The second-order valence-electron chi connectivity index (χ2n) is 4.33. The van der Waals surface area contributed by atoms with Crippen LogP contribution in [-0.2, 0) is 4.79 Å². The summed E-state index contributed by atoms with van der Waals surface area (Å²) in [4.78, 5) is 26.5. The topological polar surface area (TPSA) is 97.1 Å². The first-order valence-corrected chi connectivity index (χ1v) is 5.73. The molecule has 0 spiro atoms. The van der Waals surface area contributed by atoms with E-state index in [2.05, 4.69) is 15.6 Å². The summed E-state index contributed by atoms with van der Waals surface area (Å²) >= 11 is 0. The van der Waals surface area contributed by atoms with Gasteiger partial charge in [0.15, 0.2) is 0 Å². The molecule has 0 fully saturated rings. The van der Waals surface area contributed by atoms with Crippen LogP contribution in [0.5, 0.6) is 0 Å². The fourth-order valence-electron chi connectivity index (χ4n) is 1.32. The molecule has 1 atom stereocenters. The van der Waals surface area contributed by atoms with Gasteiger partial charge in [0.2, 0.25) is 11.8 Å². The van der Waals surface area contributed by atoms with Crippen LogP contribution in [-0.4, -0.2) is 28.9 Å². The molecule has 1 heterocycles. The number of amides is 2. The highest BCUT2D eigenvalue weighted by Crippen LogP contribution is 2.06. The van der Waals surface area contributed by atoms with Gasteiger partial charge in [0.25, 0.3) is 0 Å². The average Bonchev–Trinajstić information content (AvgIpc) is 2.28. The molecule has 1 rings (SSSR count). The SMILES string of the molecule is CC(C)NC(=O)C(C)Nc1ccc(C(N)=O)cn1. The Labute approximate surface area is 106 Å². The predicted molar refractivity (Wildman–Crippen MR) is 69.1 cm³/mol. The summed E-state index contributed by atoms with van der Waals surface area (Å²) in [6.07, 6.45) is 1.37. The third-order valence-electron chi connectivity index (χ3n) is 2.24. The van der Waals surface area contributed by atoms with E-state index in [0.29, 0.717) is 11.4 Å². The van der Waals surface area contributed by atoms with E-state index < -0.39 is 11.9 Å². The van der Waals surface area contributed by atoms with Crippen molar-refractivity contribution in [3.8, 4) is 0 Å². The number of primary amides is 1. The molecular formula is C12H18N4O2. The number of pyridine rings is 1. The van der Waals surface area contributed by atoms with Crippen molar-refractivity contribution in [2.24, 2.45) is 5.73 Å². The third kappa shape index (κ3) is 4.04. The molecule has 0 saturated heterocycles. The second kappa shape index (κ2) is 6.00. The molecule has 0 radical (unpaired) electrons. The molecule has 6 nitrogen and oxygen atoms in total. The summed E-state index contributed by atoms with van der Waals surface area (Å²) in [5.74, 6) is -0.114. The van der Waals surface area contributed by atoms with Gasteiger partial charge in [-0.3, -0.25) is 9.59 Å². The highest BCUT2D eigenvalue weighted by atomic mass is 16.2. The van der Waals surface area contributed by atoms with Crippen LogP contribution in [0, 0.1) is 0 Å². The molecule has 2 amide bonds. The monoisotopic (exact) mass is 250 g/mol. The molecular weight excluding hydrogens is 232 g/mol. The van der Waals surface area contributed by atoms with E-state index in [0.717, 1.165) is 0 Å². The summed E-state index contributed by atoms with van der Waals surface area (Å²) in [6, 6.07) is 2.86. The van der Waals surface area contributed by atoms with Gasteiger partial charge in [-0.05, 0) is 32.9 Å². The highest BCUT2D eigenvalue weighted by Gasteiger charge is 2.13. The number of hydrogen-bond acceptors (Lipinski definition) is 4. The molecule has 0 aliphatic heterocycles. The number of anilines is 1. The molecule has 18 heavy (non-hydrogen) atoms. The first-order valence-electron chi connectivity index (χ1n) is 5.73. The predicted octanol–water partition coefficient (Wildman–Crippen LogP) is 0.505. The fourth-order valence-corrected chi connectivity index (χ4v) is 1.32. The van der Waals surface area contributed by atoms with Gasteiger partial charge in [-0.25, -0.2) is 4.98 Å². The van der Waals surface area contributed by atoms with Crippen molar-refractivity contribution in [3.63, 3.8) is 0 Å². The smallest absolute Gasteiger partial charge is 0.250 e. The Morgan fingerprint density at radius 3 is 2.39 bits per heavy atom. The van der Waals surface area contributed by atoms with Gasteiger partial charge in [-0.2, -0.15) is 0 Å². The molecule has 1 aromatic rings. The molecule has 0 bridgehead atoms. The number of carbonyl (C=O) groups excluding carboxylic acids is 2. The number of aromatic nitrogens is 1. The van der Waals surface area contributed by atoms with E-state index in [4.69, 9.17) is 5.73 Å². The molecule has 6 heteroatoms. The Kier molecular flexibility index (Phi) is 4.65. The molecule has 0 aliphatic rings. The first-order chi connectivity index (χ1) is 8.40. The van der Waals surface area contributed by atoms with E-state index in [1.54, 1.807) is 19.1 Å². The van der Waals surface area contributed by atoms with Crippen molar-refractivity contribution in [2.45, 2.75) is 32.9 Å². The Hall–Kier alpha value is -2.11. The van der Waals surface area contributed by atoms with E-state index >= 15 is 0 Å². The summed E-state index contributed by atoms with van der Waals surface area (Å²) in [6.45, 7) is 5.52. The van der Waals surface area contributed by atoms with Gasteiger partial charge >= 0.3 is 0 Å². The number of nitrogens with zero attached hydrogens (tertiary/aromatic N) is 1. The van der Waals surface area contributed by atoms with Crippen molar-refractivity contribution in [1.29, 1.82) is 0 Å². The maximum atomic E-state index is 11.7. The zero-order valence-electron chi connectivity index (χ0n) is 10.7. The van der Waals surface area contributed by atoms with Crippen molar-refractivity contribution in [1.82, 2.24) is 10.3 Å². The summed E-state index contributed by atoms with van der Waals surface area (Å²) < 4.78 is 0. The fraction of sp³-hybridized carbons (Fsp3) is 0.417. The van der Waals surface area contributed by atoms with E-state index in [-0.39, 0.29) is 11.9 Å². The number of nitrogens with two attached hydrogens (primary N) is 1. The van der Waals surface area contributed by atoms with Gasteiger partial charge in [0.05, 0.1) is 5.56 Å². The Balaban J connectivity index is 2.61. The van der Waals surface area contributed by atoms with Gasteiger partial charge < -0.3 is 16.4 Å². The Morgan fingerprint density at radius 2 is 1.94 bits per heavy atom. The number of rotatable bonds is 5. The maximum absolute atomic E-state index is 11.7. The standard InChI is InChI=1S/C12H18N4O2/c1-7(2)15-12(18)8(3)16-10-5-4-9(6-14-10)11(13)17/h4-8H,1-3H3,(H2,13,17)(H,14,16)(H,15,18). The van der Waals surface area contributed by atoms with Crippen molar-refractivity contribution >= 4 is 17.6 Å². The van der Waals surface area contributed by atoms with Crippen molar-refractivity contribution < 1.29 is 9.59 Å². The first kappa shape index (κ1) is 14.0. The van der Waals surface area contributed by atoms with Crippen LogP contribution < -0.4 is 16.4 Å². The summed E-state index contributed by atoms with van der Waals surface area (Å²) in [5, 5.41) is 5.73. The lowest BCUT2D eigenvalue weighted by molar-refractivity contribution is -0.122. The largest absolute Gasteiger partial charge is 0.366 e. The third-order valence-corrected chi connectivity index (χ3v) is 2.24. The quantitative estimate of drug-likeness (QED) is 0.709. The average molecular weight is 250 g/mol. The maximum Gasteiger partial charge on any atom is 0.250 e. The molecule has 1 unspecified atom stereocenters. The second-order valence-corrected chi connectivity index (χ2v) is 4.33. The molecule has 0 aliphatic carbocycles. The zero-order valence-corrected chi connectivity index (χ0v) is 10.7. The normalized spacial score (nSPS) is 12.0. The Bertz CT molecular complexity index is 428. The van der Waals surface area contributed by atoms with Crippen LogP contribution in [0.25, 0.3) is 0 Å². The summed E-state index contributed by atoms with van der Waals surface area (Å²) in [7, 11) is 0. The molecule has 98 valence electrons. The van der Waals surface area contributed by atoms with Crippen molar-refractivity contribution in [3.05, 3.63) is 23.9 Å². The lowest BCUT2D eigenvalue weighted by Crippen LogP contribution is -2.41. The Morgan fingerprint density at radius 1 is 1.28 bits per heavy atom. The minimum Gasteiger partial charge on any atom is -0.366 e. The van der Waals surface area contributed by atoms with Gasteiger partial charge in [-0.15, -0.1) is 0 Å². The van der Waals surface area contributed by atoms with Gasteiger partial charge in [-0.1, -0.05) is 0 Å². The van der Waals surface area contributed by atoms with Crippen LogP contribution in [0.4, 0.5) is 5.82 Å². The molecule has 0 aromatic carbocycles. The van der Waals surface area contributed by atoms with Gasteiger partial charge in [0.1, 0.15) is 11.9 Å². The number of carbonyl (C=O) groups is 2. The lowest BCUT2D eigenvalue weighted by Gasteiger charge is -2.16. The van der Waals surface area contributed by atoms with Crippen LogP contribution >= 0.6 is 0 Å². The minimum absolute atomic E-state index is 0.0898. The van der Waals surface area contributed by atoms with Crippen LogP contribution in [0.15, 0.2) is 18.3 Å².